The van der Waals surface area contributed by atoms with E-state index in [-0.39, 0.29) is 24.8 Å². The van der Waals surface area contributed by atoms with Gasteiger partial charge in [-0.25, -0.2) is 13.1 Å². The topological polar surface area (TPSA) is 87.7 Å². The summed E-state index contributed by atoms with van der Waals surface area (Å²) in [7, 11) is -3.44. The second-order valence-corrected chi connectivity index (χ2v) is 7.40. The second kappa shape index (κ2) is 10.1. The quantitative estimate of drug-likeness (QED) is 0.540. The van der Waals surface area contributed by atoms with Gasteiger partial charge < -0.3 is 15.0 Å². The fraction of sp³-hybridized carbons (Fsp3) is 0.929. The summed E-state index contributed by atoms with van der Waals surface area (Å²) in [6.07, 6.45) is 1.94. The molecule has 130 valence electrons. The summed E-state index contributed by atoms with van der Waals surface area (Å²) < 4.78 is 30.8. The van der Waals surface area contributed by atoms with Gasteiger partial charge in [-0.1, -0.05) is 6.92 Å². The average Bonchev–Trinajstić information content (AvgIpc) is 2.51. The first-order chi connectivity index (χ1) is 10.5. The number of hydrogen-bond acceptors (Lipinski definition) is 5. The minimum atomic E-state index is -3.44. The standard InChI is InChI=1S/C14H29N3O4S/c1-3-15-11-13-5-7-17(8-6-13)14(18)12-16-22(19,20)10-9-21-4-2/h13,15-16H,3-12H2,1-2H3. The number of likely N-dealkylation sites (tertiary alicyclic amines) is 1. The second-order valence-electron chi connectivity index (χ2n) is 5.47. The summed E-state index contributed by atoms with van der Waals surface area (Å²) in [4.78, 5) is 13.8. The number of rotatable bonds is 10. The van der Waals surface area contributed by atoms with E-state index in [1.54, 1.807) is 4.90 Å². The van der Waals surface area contributed by atoms with E-state index >= 15 is 0 Å². The number of nitrogens with one attached hydrogen (secondary N) is 2. The zero-order chi connectivity index (χ0) is 16.4. The lowest BCUT2D eigenvalue weighted by atomic mass is 9.97. The monoisotopic (exact) mass is 335 g/mol. The Hall–Kier alpha value is -0.700. The highest BCUT2D eigenvalue weighted by Gasteiger charge is 2.23. The third kappa shape index (κ3) is 7.53. The molecule has 0 aliphatic carbocycles. The van der Waals surface area contributed by atoms with Gasteiger partial charge in [-0.05, 0) is 38.8 Å². The van der Waals surface area contributed by atoms with E-state index in [9.17, 15) is 13.2 Å². The lowest BCUT2D eigenvalue weighted by Gasteiger charge is -2.32. The highest BCUT2D eigenvalue weighted by Crippen LogP contribution is 2.16. The number of carbonyl (C=O) groups is 1. The van der Waals surface area contributed by atoms with E-state index in [2.05, 4.69) is 17.0 Å². The Morgan fingerprint density at radius 2 is 1.95 bits per heavy atom. The number of ether oxygens (including phenoxy) is 1. The fourth-order valence-corrected chi connectivity index (χ4v) is 3.23. The fourth-order valence-electron chi connectivity index (χ4n) is 2.40. The number of nitrogens with zero attached hydrogens (tertiary/aromatic N) is 1. The van der Waals surface area contributed by atoms with Gasteiger partial charge >= 0.3 is 0 Å². The van der Waals surface area contributed by atoms with E-state index in [0.29, 0.717) is 25.6 Å². The average molecular weight is 335 g/mol. The molecule has 2 N–H and O–H groups in total. The van der Waals surface area contributed by atoms with Crippen molar-refractivity contribution in [2.45, 2.75) is 26.7 Å². The van der Waals surface area contributed by atoms with Gasteiger partial charge in [0.15, 0.2) is 0 Å². The molecule has 0 spiro atoms. The van der Waals surface area contributed by atoms with Gasteiger partial charge in [0, 0.05) is 19.7 Å². The molecule has 1 rings (SSSR count). The SMILES string of the molecule is CCNCC1CCN(C(=O)CNS(=O)(=O)CCOCC)CC1. The van der Waals surface area contributed by atoms with E-state index < -0.39 is 10.0 Å². The molecule has 1 saturated heterocycles. The molecule has 1 heterocycles. The van der Waals surface area contributed by atoms with E-state index in [0.717, 1.165) is 25.9 Å². The first-order valence-corrected chi connectivity index (χ1v) is 9.67. The Morgan fingerprint density at radius 1 is 1.27 bits per heavy atom. The van der Waals surface area contributed by atoms with Crippen molar-refractivity contribution >= 4 is 15.9 Å². The number of piperidine rings is 1. The van der Waals surface area contributed by atoms with Crippen LogP contribution in [0.4, 0.5) is 0 Å². The summed E-state index contributed by atoms with van der Waals surface area (Å²) in [6, 6.07) is 0. The van der Waals surface area contributed by atoms with Gasteiger partial charge in [-0.3, -0.25) is 4.79 Å². The minimum Gasteiger partial charge on any atom is -0.381 e. The van der Waals surface area contributed by atoms with Crippen molar-refractivity contribution in [3.8, 4) is 0 Å². The molecule has 0 aromatic carbocycles. The van der Waals surface area contributed by atoms with Crippen molar-refractivity contribution in [1.29, 1.82) is 0 Å². The maximum absolute atomic E-state index is 12.0. The zero-order valence-electron chi connectivity index (χ0n) is 13.6. The van der Waals surface area contributed by atoms with Crippen molar-refractivity contribution in [3.63, 3.8) is 0 Å². The van der Waals surface area contributed by atoms with Crippen LogP contribution in [0.15, 0.2) is 0 Å². The van der Waals surface area contributed by atoms with Crippen molar-refractivity contribution in [1.82, 2.24) is 14.9 Å². The molecular weight excluding hydrogens is 306 g/mol. The summed E-state index contributed by atoms with van der Waals surface area (Å²) in [5, 5.41) is 3.32. The Balaban J connectivity index is 2.26. The summed E-state index contributed by atoms with van der Waals surface area (Å²) in [6.45, 7) is 7.72. The number of hydrogen-bond donors (Lipinski definition) is 2. The van der Waals surface area contributed by atoms with Crippen LogP contribution in [0.5, 0.6) is 0 Å². The third-order valence-electron chi connectivity index (χ3n) is 3.79. The number of carbonyl (C=O) groups excluding carboxylic acids is 1. The van der Waals surface area contributed by atoms with Crippen molar-refractivity contribution in [2.75, 3.05) is 51.7 Å². The minimum absolute atomic E-state index is 0.112. The van der Waals surface area contributed by atoms with Crippen LogP contribution in [-0.2, 0) is 19.6 Å². The first kappa shape index (κ1) is 19.3. The van der Waals surface area contributed by atoms with Gasteiger partial charge in [-0.15, -0.1) is 0 Å². The van der Waals surface area contributed by atoms with E-state index in [1.807, 2.05) is 6.92 Å². The summed E-state index contributed by atoms with van der Waals surface area (Å²) in [5.74, 6) is 0.340. The lowest BCUT2D eigenvalue weighted by molar-refractivity contribution is -0.131. The maximum Gasteiger partial charge on any atom is 0.237 e. The Kier molecular flexibility index (Phi) is 8.92. The Bertz CT molecular complexity index is 420. The number of amides is 1. The smallest absolute Gasteiger partial charge is 0.237 e. The van der Waals surface area contributed by atoms with E-state index in [1.165, 1.54) is 0 Å². The molecule has 0 aromatic rings. The Morgan fingerprint density at radius 3 is 2.55 bits per heavy atom. The molecule has 0 unspecified atom stereocenters. The van der Waals surface area contributed by atoms with Crippen LogP contribution in [0.2, 0.25) is 0 Å². The van der Waals surface area contributed by atoms with Crippen LogP contribution >= 0.6 is 0 Å². The lowest BCUT2D eigenvalue weighted by Crippen LogP contribution is -2.45. The zero-order valence-corrected chi connectivity index (χ0v) is 14.5. The highest BCUT2D eigenvalue weighted by atomic mass is 32.2. The molecule has 1 amide bonds. The van der Waals surface area contributed by atoms with Gasteiger partial charge in [0.2, 0.25) is 15.9 Å². The van der Waals surface area contributed by atoms with Crippen molar-refractivity contribution in [3.05, 3.63) is 0 Å². The third-order valence-corrected chi connectivity index (χ3v) is 5.08. The van der Waals surface area contributed by atoms with Gasteiger partial charge in [-0.2, -0.15) is 0 Å². The largest absolute Gasteiger partial charge is 0.381 e. The number of sulfonamides is 1. The molecule has 8 heteroatoms. The van der Waals surface area contributed by atoms with E-state index in [4.69, 9.17) is 4.74 Å². The van der Waals surface area contributed by atoms with Gasteiger partial charge in [0.25, 0.3) is 0 Å². The maximum atomic E-state index is 12.0. The van der Waals surface area contributed by atoms with Crippen LogP contribution in [-0.4, -0.2) is 70.9 Å². The van der Waals surface area contributed by atoms with Gasteiger partial charge in [0.1, 0.15) is 0 Å². The molecule has 7 nitrogen and oxygen atoms in total. The van der Waals surface area contributed by atoms with Crippen LogP contribution < -0.4 is 10.0 Å². The molecule has 0 saturated carbocycles. The van der Waals surface area contributed by atoms with Crippen molar-refractivity contribution in [2.24, 2.45) is 5.92 Å². The predicted octanol–water partition coefficient (Wildman–Crippen LogP) is -0.210. The molecule has 1 aliphatic rings. The molecule has 22 heavy (non-hydrogen) atoms. The van der Waals surface area contributed by atoms with Crippen LogP contribution in [0.3, 0.4) is 0 Å². The summed E-state index contributed by atoms with van der Waals surface area (Å²) >= 11 is 0. The Labute approximate surface area is 133 Å². The van der Waals surface area contributed by atoms with Gasteiger partial charge in [0.05, 0.1) is 18.9 Å². The molecule has 0 aromatic heterocycles. The van der Waals surface area contributed by atoms with Crippen molar-refractivity contribution < 1.29 is 17.9 Å². The molecule has 0 bridgehead atoms. The first-order valence-electron chi connectivity index (χ1n) is 8.02. The molecule has 0 radical (unpaired) electrons. The molecule has 0 atom stereocenters. The normalized spacial score (nSPS) is 16.9. The van der Waals surface area contributed by atoms with Crippen LogP contribution in [0.25, 0.3) is 0 Å². The molecule has 1 fully saturated rings. The predicted molar refractivity (Wildman–Crippen MR) is 86.1 cm³/mol. The summed E-state index contributed by atoms with van der Waals surface area (Å²) in [5.41, 5.74) is 0. The molecular formula is C14H29N3O4S. The van der Waals surface area contributed by atoms with Crippen LogP contribution in [0.1, 0.15) is 26.7 Å². The highest BCUT2D eigenvalue weighted by molar-refractivity contribution is 7.89. The molecule has 1 aliphatic heterocycles. The van der Waals surface area contributed by atoms with Crippen LogP contribution in [0, 0.1) is 5.92 Å².